The van der Waals surface area contributed by atoms with E-state index < -0.39 is 12.0 Å². The zero-order valence-electron chi connectivity index (χ0n) is 7.85. The van der Waals surface area contributed by atoms with Crippen LogP contribution in [0.1, 0.15) is 12.8 Å². The predicted octanol–water partition coefficient (Wildman–Crippen LogP) is -3.06. The summed E-state index contributed by atoms with van der Waals surface area (Å²) in [5.74, 6) is -1.25. The monoisotopic (exact) mass is 254 g/mol. The summed E-state index contributed by atoms with van der Waals surface area (Å²) in [6, 6.07) is -0.931. The minimum absolute atomic E-state index is 0. The Labute approximate surface area is 94.8 Å². The maximum absolute atomic E-state index is 10.1. The van der Waals surface area contributed by atoms with E-state index in [1.54, 1.807) is 0 Å². The Morgan fingerprint density at radius 1 is 1.43 bits per heavy atom. The molecule has 1 unspecified atom stereocenters. The molecule has 7 N–H and O–H groups in total. The van der Waals surface area contributed by atoms with Crippen molar-refractivity contribution in [3.05, 3.63) is 0 Å². The van der Waals surface area contributed by atoms with Gasteiger partial charge in [-0.2, -0.15) is 0 Å². The van der Waals surface area contributed by atoms with Crippen LogP contribution >= 0.6 is 0 Å². The molecule has 1 atom stereocenters. The molecule has 0 aromatic heterocycles. The number of aliphatic imine (C=N–C) groups is 1. The van der Waals surface area contributed by atoms with Gasteiger partial charge in [0.25, 0.3) is 0 Å². The largest absolute Gasteiger partial charge is 2.00 e. The summed E-state index contributed by atoms with van der Waals surface area (Å²) in [5.41, 5.74) is 15.2. The standard InChI is InChI=1S/C6H14N4O2.H2O.Zn/c7-4(5(11)12)2-1-3-10-6(8)9;;/h4H,1-3,7H2,(H,11,12)(H4,8,9,10);1H2;/q;;+2/p-2. The second kappa shape index (κ2) is 10.4. The molecule has 0 saturated carbocycles. The van der Waals surface area contributed by atoms with E-state index in [9.17, 15) is 9.90 Å². The van der Waals surface area contributed by atoms with Crippen LogP contribution in [-0.2, 0) is 24.3 Å². The van der Waals surface area contributed by atoms with Gasteiger partial charge in [-0.1, -0.05) is 0 Å². The molecule has 0 saturated heterocycles. The molecule has 0 aromatic carbocycles. The molecule has 0 fully saturated rings. The van der Waals surface area contributed by atoms with Crippen molar-refractivity contribution in [1.82, 2.24) is 0 Å². The summed E-state index contributed by atoms with van der Waals surface area (Å²) in [7, 11) is 0. The zero-order valence-corrected chi connectivity index (χ0v) is 10.8. The molecular formula is C6H14N4O3Zn. The molecule has 0 aliphatic heterocycles. The topological polar surface area (TPSA) is 161 Å². The van der Waals surface area contributed by atoms with Crippen molar-refractivity contribution in [2.45, 2.75) is 18.9 Å². The van der Waals surface area contributed by atoms with Crippen LogP contribution in [-0.4, -0.2) is 30.0 Å². The van der Waals surface area contributed by atoms with Gasteiger partial charge < -0.3 is 32.6 Å². The maximum atomic E-state index is 10.1. The molecule has 0 radical (unpaired) electrons. The first kappa shape index (κ1) is 19.0. The minimum Gasteiger partial charge on any atom is -0.870 e. The van der Waals surface area contributed by atoms with Crippen LogP contribution in [0.25, 0.3) is 0 Å². The number of carbonyl (C=O) groups is 1. The van der Waals surface area contributed by atoms with E-state index in [0.717, 1.165) is 0 Å². The van der Waals surface area contributed by atoms with Gasteiger partial charge in [0.1, 0.15) is 0 Å². The number of carboxylic acid groups (broad SMARTS) is 1. The summed E-state index contributed by atoms with van der Waals surface area (Å²) in [5, 5.41) is 10.1. The van der Waals surface area contributed by atoms with Crippen molar-refractivity contribution in [3.63, 3.8) is 0 Å². The third kappa shape index (κ3) is 11.3. The average molecular weight is 256 g/mol. The fourth-order valence-electron chi connectivity index (χ4n) is 0.637. The average Bonchev–Trinajstić information content (AvgIpc) is 1.97. The molecule has 7 nitrogen and oxygen atoms in total. The quantitative estimate of drug-likeness (QED) is 0.204. The van der Waals surface area contributed by atoms with Gasteiger partial charge in [0, 0.05) is 12.6 Å². The van der Waals surface area contributed by atoms with E-state index in [2.05, 4.69) is 4.99 Å². The number of aliphatic carboxylic acids is 1. The van der Waals surface area contributed by atoms with Crippen molar-refractivity contribution in [2.75, 3.05) is 6.54 Å². The van der Waals surface area contributed by atoms with Crippen LogP contribution in [0.4, 0.5) is 0 Å². The Bertz CT molecular complexity index is 184. The van der Waals surface area contributed by atoms with Crippen LogP contribution in [0.5, 0.6) is 0 Å². The van der Waals surface area contributed by atoms with Gasteiger partial charge in [0.2, 0.25) is 0 Å². The zero-order chi connectivity index (χ0) is 9.56. The van der Waals surface area contributed by atoms with Crippen LogP contribution in [0.3, 0.4) is 0 Å². The summed E-state index contributed by atoms with van der Waals surface area (Å²) in [4.78, 5) is 13.8. The fourth-order valence-corrected chi connectivity index (χ4v) is 0.637. The van der Waals surface area contributed by atoms with Gasteiger partial charge >= 0.3 is 19.5 Å². The van der Waals surface area contributed by atoms with Crippen LogP contribution in [0, 0.1) is 0 Å². The second-order valence-electron chi connectivity index (χ2n) is 2.37. The van der Waals surface area contributed by atoms with E-state index >= 15 is 0 Å². The van der Waals surface area contributed by atoms with Gasteiger partial charge in [-0.05, 0) is 12.8 Å². The maximum Gasteiger partial charge on any atom is 2.00 e. The van der Waals surface area contributed by atoms with E-state index in [1.165, 1.54) is 0 Å². The molecule has 0 aromatic rings. The molecule has 0 amide bonds. The first-order chi connectivity index (χ1) is 5.54. The van der Waals surface area contributed by atoms with Gasteiger partial charge in [-0.15, -0.1) is 0 Å². The van der Waals surface area contributed by atoms with Gasteiger partial charge in [0.15, 0.2) is 5.96 Å². The fraction of sp³-hybridized carbons (Fsp3) is 0.667. The van der Waals surface area contributed by atoms with E-state index in [0.29, 0.717) is 19.4 Å². The van der Waals surface area contributed by atoms with E-state index in [1.807, 2.05) is 0 Å². The Morgan fingerprint density at radius 2 is 1.93 bits per heavy atom. The summed E-state index contributed by atoms with van der Waals surface area (Å²) >= 11 is 0. The van der Waals surface area contributed by atoms with Gasteiger partial charge in [-0.25, -0.2) is 0 Å². The molecule has 8 heteroatoms. The van der Waals surface area contributed by atoms with Crippen molar-refractivity contribution in [1.29, 1.82) is 0 Å². The normalized spacial score (nSPS) is 10.4. The van der Waals surface area contributed by atoms with Crippen molar-refractivity contribution < 1.29 is 34.9 Å². The third-order valence-corrected chi connectivity index (χ3v) is 1.27. The van der Waals surface area contributed by atoms with Crippen molar-refractivity contribution >= 4 is 11.9 Å². The smallest absolute Gasteiger partial charge is 0.870 e. The SMILES string of the molecule is NC(N)=NCCCC(N)C(=O)[O-].[OH-].[Zn+2]. The summed E-state index contributed by atoms with van der Waals surface area (Å²) in [6.45, 7) is 0.392. The number of hydrogen-bond donors (Lipinski definition) is 3. The number of guanidine groups is 1. The molecule has 0 rings (SSSR count). The van der Waals surface area contributed by atoms with E-state index in [4.69, 9.17) is 17.2 Å². The molecule has 0 aliphatic rings. The molecule has 14 heavy (non-hydrogen) atoms. The molecular weight excluding hydrogens is 241 g/mol. The molecule has 0 spiro atoms. The number of carboxylic acids is 1. The first-order valence-electron chi connectivity index (χ1n) is 3.56. The molecule has 0 aliphatic carbocycles. The molecule has 0 bridgehead atoms. The number of rotatable bonds is 5. The van der Waals surface area contributed by atoms with E-state index in [-0.39, 0.29) is 30.9 Å². The third-order valence-electron chi connectivity index (χ3n) is 1.27. The minimum atomic E-state index is -1.25. The predicted molar refractivity (Wildman–Crippen MR) is 44.8 cm³/mol. The summed E-state index contributed by atoms with van der Waals surface area (Å²) < 4.78 is 0. The molecule has 78 valence electrons. The Morgan fingerprint density at radius 3 is 2.29 bits per heavy atom. The Kier molecular flexibility index (Phi) is 14.0. The Balaban J connectivity index is -0.000000605. The van der Waals surface area contributed by atoms with Crippen LogP contribution in [0.2, 0.25) is 0 Å². The van der Waals surface area contributed by atoms with Crippen molar-refractivity contribution in [2.24, 2.45) is 22.2 Å². The van der Waals surface area contributed by atoms with Gasteiger partial charge in [0.05, 0.1) is 5.97 Å². The second-order valence-corrected chi connectivity index (χ2v) is 2.37. The first-order valence-corrected chi connectivity index (χ1v) is 3.56. The number of hydrogen-bond acceptors (Lipinski definition) is 5. The summed E-state index contributed by atoms with van der Waals surface area (Å²) in [6.07, 6.45) is 0.853. The van der Waals surface area contributed by atoms with Crippen LogP contribution in [0.15, 0.2) is 4.99 Å². The van der Waals surface area contributed by atoms with Crippen LogP contribution < -0.4 is 22.3 Å². The number of nitrogens with zero attached hydrogens (tertiary/aromatic N) is 1. The number of nitrogens with two attached hydrogens (primary N) is 3. The van der Waals surface area contributed by atoms with Gasteiger partial charge in [-0.3, -0.25) is 4.99 Å². The Hall–Kier alpha value is -0.717. The molecule has 0 heterocycles. The van der Waals surface area contributed by atoms with Crippen molar-refractivity contribution in [3.8, 4) is 0 Å². The number of carbonyl (C=O) groups excluding carboxylic acids is 1.